The lowest BCUT2D eigenvalue weighted by Crippen LogP contribution is -2.41. The zero-order valence-corrected chi connectivity index (χ0v) is 14.1. The Morgan fingerprint density at radius 1 is 1.29 bits per heavy atom. The Morgan fingerprint density at radius 3 is 2.43 bits per heavy atom. The summed E-state index contributed by atoms with van der Waals surface area (Å²) < 4.78 is 0.956. The van der Waals surface area contributed by atoms with Gasteiger partial charge in [-0.05, 0) is 43.5 Å². The van der Waals surface area contributed by atoms with Crippen molar-refractivity contribution in [3.63, 3.8) is 0 Å². The van der Waals surface area contributed by atoms with Gasteiger partial charge in [-0.2, -0.15) is 0 Å². The summed E-state index contributed by atoms with van der Waals surface area (Å²) in [5.74, 6) is -0.233. The third-order valence-electron chi connectivity index (χ3n) is 3.89. The first-order chi connectivity index (χ1) is 9.99. The summed E-state index contributed by atoms with van der Waals surface area (Å²) in [7, 11) is 1.78. The fourth-order valence-corrected chi connectivity index (χ4v) is 2.57. The lowest BCUT2D eigenvalue weighted by atomic mass is 10.0. The number of benzene rings is 1. The number of unbranched alkanes of at least 4 members (excludes halogenated alkanes) is 1. The highest BCUT2D eigenvalue weighted by Crippen LogP contribution is 2.48. The van der Waals surface area contributed by atoms with Crippen molar-refractivity contribution in [2.45, 2.75) is 32.6 Å². The fraction of sp³-hybridized carbons (Fsp3) is 0.500. The maximum Gasteiger partial charge on any atom is 0.240 e. The Hall–Kier alpha value is -1.36. The number of carbonyl (C=O) groups is 2. The fourth-order valence-electron chi connectivity index (χ4n) is 2.31. The minimum Gasteiger partial charge on any atom is -0.345 e. The Kier molecular flexibility index (Phi) is 5.04. The normalized spacial score (nSPS) is 15.4. The van der Waals surface area contributed by atoms with E-state index in [4.69, 9.17) is 0 Å². The van der Waals surface area contributed by atoms with E-state index in [0.29, 0.717) is 19.4 Å². The molecule has 1 saturated carbocycles. The number of rotatable bonds is 6. The van der Waals surface area contributed by atoms with E-state index in [1.807, 2.05) is 24.3 Å². The molecule has 0 heterocycles. The van der Waals surface area contributed by atoms with Gasteiger partial charge in [-0.1, -0.05) is 29.3 Å². The van der Waals surface area contributed by atoms with Crippen LogP contribution < -0.4 is 5.32 Å². The lowest BCUT2D eigenvalue weighted by molar-refractivity contribution is -0.141. The molecule has 5 heteroatoms. The van der Waals surface area contributed by atoms with Crippen LogP contribution in [0.5, 0.6) is 0 Å². The predicted molar refractivity (Wildman–Crippen MR) is 87.0 cm³/mol. The van der Waals surface area contributed by atoms with Crippen molar-refractivity contribution >= 4 is 33.4 Å². The van der Waals surface area contributed by atoms with Crippen LogP contribution in [-0.2, 0) is 9.59 Å². The van der Waals surface area contributed by atoms with Crippen LogP contribution in [0.25, 0.3) is 0 Å². The molecule has 0 saturated heterocycles. The molecule has 0 unspecified atom stereocenters. The molecule has 1 aliphatic carbocycles. The molecule has 114 valence electrons. The quantitative estimate of drug-likeness (QED) is 0.797. The monoisotopic (exact) mass is 352 g/mol. The first kappa shape index (κ1) is 16.0. The number of carbonyl (C=O) groups excluding carboxylic acids is 2. The number of halogens is 1. The maximum atomic E-state index is 12.5. The number of anilines is 1. The number of nitrogens with one attached hydrogen (secondary N) is 1. The molecule has 21 heavy (non-hydrogen) atoms. The van der Waals surface area contributed by atoms with Crippen molar-refractivity contribution in [3.8, 4) is 0 Å². The molecule has 1 fully saturated rings. The number of nitrogens with zero attached hydrogens (tertiary/aromatic N) is 1. The molecule has 1 N–H and O–H groups in total. The van der Waals surface area contributed by atoms with Crippen LogP contribution in [0.3, 0.4) is 0 Å². The van der Waals surface area contributed by atoms with Crippen LogP contribution in [-0.4, -0.2) is 30.3 Å². The molecule has 2 amide bonds. The highest BCUT2D eigenvalue weighted by atomic mass is 79.9. The molecular formula is C16H21BrN2O2. The van der Waals surface area contributed by atoms with Gasteiger partial charge in [-0.15, -0.1) is 0 Å². The summed E-state index contributed by atoms with van der Waals surface area (Å²) in [4.78, 5) is 26.6. The Morgan fingerprint density at radius 2 is 1.90 bits per heavy atom. The summed E-state index contributed by atoms with van der Waals surface area (Å²) >= 11 is 3.36. The SMILES string of the molecule is CCCCN(C)C(=O)C1(C(=O)Nc2ccc(Br)cc2)CC1. The van der Waals surface area contributed by atoms with Gasteiger partial charge in [0.25, 0.3) is 0 Å². The number of hydrogen-bond donors (Lipinski definition) is 1. The van der Waals surface area contributed by atoms with Crippen LogP contribution in [0.1, 0.15) is 32.6 Å². The lowest BCUT2D eigenvalue weighted by Gasteiger charge is -2.23. The van der Waals surface area contributed by atoms with E-state index in [9.17, 15) is 9.59 Å². The molecule has 0 spiro atoms. The molecular weight excluding hydrogens is 332 g/mol. The summed E-state index contributed by atoms with van der Waals surface area (Å²) in [6.45, 7) is 2.80. The second kappa shape index (κ2) is 6.60. The van der Waals surface area contributed by atoms with Crippen molar-refractivity contribution in [1.82, 2.24) is 4.90 Å². The third kappa shape index (κ3) is 3.64. The van der Waals surface area contributed by atoms with Gasteiger partial charge < -0.3 is 10.2 Å². The van der Waals surface area contributed by atoms with Gasteiger partial charge in [-0.25, -0.2) is 0 Å². The molecule has 1 aliphatic rings. The van der Waals surface area contributed by atoms with E-state index in [0.717, 1.165) is 23.0 Å². The van der Waals surface area contributed by atoms with Crippen molar-refractivity contribution in [2.75, 3.05) is 18.9 Å². The molecule has 0 aliphatic heterocycles. The summed E-state index contributed by atoms with van der Waals surface area (Å²) in [5.41, 5.74) is -0.117. The van der Waals surface area contributed by atoms with Crippen LogP contribution in [0.15, 0.2) is 28.7 Å². The van der Waals surface area contributed by atoms with Gasteiger partial charge in [0.2, 0.25) is 11.8 Å². The molecule has 2 rings (SSSR count). The van der Waals surface area contributed by atoms with E-state index >= 15 is 0 Å². The highest BCUT2D eigenvalue weighted by molar-refractivity contribution is 9.10. The first-order valence-corrected chi connectivity index (χ1v) is 8.11. The molecule has 0 aromatic heterocycles. The average Bonchev–Trinajstić information content (AvgIpc) is 3.28. The second-order valence-electron chi connectivity index (χ2n) is 5.62. The van der Waals surface area contributed by atoms with Crippen LogP contribution in [0.2, 0.25) is 0 Å². The second-order valence-corrected chi connectivity index (χ2v) is 6.54. The Bertz CT molecular complexity index is 524. The average molecular weight is 353 g/mol. The molecule has 0 bridgehead atoms. The maximum absolute atomic E-state index is 12.5. The van der Waals surface area contributed by atoms with Gasteiger partial charge in [0, 0.05) is 23.8 Å². The van der Waals surface area contributed by atoms with Gasteiger partial charge in [0.1, 0.15) is 5.41 Å². The summed E-state index contributed by atoms with van der Waals surface area (Å²) in [6, 6.07) is 7.38. The first-order valence-electron chi connectivity index (χ1n) is 7.32. The molecule has 0 atom stereocenters. The molecule has 0 radical (unpaired) electrons. The number of amides is 2. The summed E-state index contributed by atoms with van der Waals surface area (Å²) in [5, 5.41) is 2.86. The van der Waals surface area contributed by atoms with E-state index in [1.54, 1.807) is 11.9 Å². The Labute approximate surface area is 134 Å². The standard InChI is InChI=1S/C16H21BrN2O2/c1-3-4-11-19(2)15(21)16(9-10-16)14(20)18-13-7-5-12(17)6-8-13/h5-8H,3-4,9-11H2,1-2H3,(H,18,20). The van der Waals surface area contributed by atoms with Crippen LogP contribution in [0, 0.1) is 5.41 Å². The van der Waals surface area contributed by atoms with Gasteiger partial charge >= 0.3 is 0 Å². The predicted octanol–water partition coefficient (Wildman–Crippen LogP) is 3.43. The van der Waals surface area contributed by atoms with Gasteiger partial charge in [0.15, 0.2) is 0 Å². The smallest absolute Gasteiger partial charge is 0.240 e. The highest BCUT2D eigenvalue weighted by Gasteiger charge is 2.57. The Balaban J connectivity index is 2.00. The van der Waals surface area contributed by atoms with Crippen molar-refractivity contribution in [3.05, 3.63) is 28.7 Å². The topological polar surface area (TPSA) is 49.4 Å². The molecule has 1 aromatic rings. The van der Waals surface area contributed by atoms with Crippen molar-refractivity contribution in [1.29, 1.82) is 0 Å². The third-order valence-corrected chi connectivity index (χ3v) is 4.42. The van der Waals surface area contributed by atoms with Gasteiger partial charge in [-0.3, -0.25) is 9.59 Å². The molecule has 1 aromatic carbocycles. The van der Waals surface area contributed by atoms with Crippen molar-refractivity contribution in [2.24, 2.45) is 5.41 Å². The minimum atomic E-state index is -0.838. The van der Waals surface area contributed by atoms with Crippen LogP contribution >= 0.6 is 15.9 Å². The van der Waals surface area contributed by atoms with Crippen LogP contribution in [0.4, 0.5) is 5.69 Å². The van der Waals surface area contributed by atoms with Gasteiger partial charge in [0.05, 0.1) is 0 Å². The zero-order chi connectivity index (χ0) is 15.5. The van der Waals surface area contributed by atoms with E-state index in [-0.39, 0.29) is 11.8 Å². The van der Waals surface area contributed by atoms with E-state index < -0.39 is 5.41 Å². The minimum absolute atomic E-state index is 0.0504. The molecule has 4 nitrogen and oxygen atoms in total. The number of hydrogen-bond acceptors (Lipinski definition) is 2. The van der Waals surface area contributed by atoms with Crippen molar-refractivity contribution < 1.29 is 9.59 Å². The zero-order valence-electron chi connectivity index (χ0n) is 12.5. The van der Waals surface area contributed by atoms with E-state index in [2.05, 4.69) is 28.2 Å². The summed E-state index contributed by atoms with van der Waals surface area (Å²) in [6.07, 6.45) is 3.29. The largest absolute Gasteiger partial charge is 0.345 e. The van der Waals surface area contributed by atoms with E-state index in [1.165, 1.54) is 0 Å².